The van der Waals surface area contributed by atoms with Crippen LogP contribution in [0.3, 0.4) is 0 Å². The van der Waals surface area contributed by atoms with Crippen LogP contribution in [0.4, 0.5) is 0 Å². The van der Waals surface area contributed by atoms with Gasteiger partial charge < -0.3 is 17.6 Å². The van der Waals surface area contributed by atoms with E-state index in [-0.39, 0.29) is 24.2 Å². The van der Waals surface area contributed by atoms with Crippen LogP contribution in [0, 0.1) is 5.92 Å². The van der Waals surface area contributed by atoms with E-state index in [2.05, 4.69) is 0 Å². The maximum absolute atomic E-state index is 10.0. The maximum atomic E-state index is 10.0. The van der Waals surface area contributed by atoms with Crippen LogP contribution in [-0.2, 0) is 19.1 Å². The third kappa shape index (κ3) is 2.42. The zero-order valence-electron chi connectivity index (χ0n) is 9.74. The minimum absolute atomic E-state index is 0.00867. The molecule has 0 spiro atoms. The van der Waals surface area contributed by atoms with Crippen molar-refractivity contribution >= 4 is 23.0 Å². The summed E-state index contributed by atoms with van der Waals surface area (Å²) in [5.41, 5.74) is 1.14. The molecule has 1 aliphatic carbocycles. The molecule has 0 aromatic heterocycles. The van der Waals surface area contributed by atoms with Crippen LogP contribution in [0.15, 0.2) is 30.3 Å². The molecule has 5 unspecified atom stereocenters. The number of hydrogen-bond donors (Lipinski definition) is 1. The minimum atomic E-state index is -0.467. The average Bonchev–Trinajstić information content (AvgIpc) is 3.14. The van der Waals surface area contributed by atoms with Gasteiger partial charge in [0.25, 0.3) is 0 Å². The van der Waals surface area contributed by atoms with E-state index in [0.29, 0.717) is 13.2 Å². The molecule has 1 N–H and O–H groups in total. The van der Waals surface area contributed by atoms with Gasteiger partial charge in [-0.15, -0.1) is 0 Å². The molecule has 5 atom stereocenters. The first-order chi connectivity index (χ1) is 8.81. The Kier molecular flexibility index (Phi) is 3.86. The predicted octanol–water partition coefficient (Wildman–Crippen LogP) is 1.70. The first-order valence-corrected chi connectivity index (χ1v) is 6.92. The Hall–Kier alpha value is -0.210. The third-order valence-electron chi connectivity index (χ3n) is 3.61. The number of benzene rings is 1. The normalized spacial score (nSPS) is 37.6. The van der Waals surface area contributed by atoms with Crippen LogP contribution in [-0.4, -0.2) is 36.1 Å². The van der Waals surface area contributed by atoms with Gasteiger partial charge in [-0.1, -0.05) is 30.3 Å². The number of aliphatic hydroxyl groups excluding tert-OH is 1. The van der Waals surface area contributed by atoms with Crippen LogP contribution >= 0.6 is 23.0 Å². The second-order valence-electron chi connectivity index (χ2n) is 4.77. The molecule has 98 valence electrons. The van der Waals surface area contributed by atoms with Crippen molar-refractivity contribution in [3.05, 3.63) is 35.9 Å². The van der Waals surface area contributed by atoms with Gasteiger partial charge in [0.1, 0.15) is 41.3 Å². The van der Waals surface area contributed by atoms with Crippen LogP contribution in [0.5, 0.6) is 0 Å². The van der Waals surface area contributed by atoms with Crippen LogP contribution in [0.1, 0.15) is 5.56 Å². The van der Waals surface area contributed by atoms with Crippen molar-refractivity contribution in [3.63, 3.8) is 0 Å². The highest BCUT2D eigenvalue weighted by Gasteiger charge is 2.62. The molecule has 0 bridgehead atoms. The second-order valence-corrected chi connectivity index (χ2v) is 5.28. The Labute approximate surface area is 120 Å². The fourth-order valence-electron chi connectivity index (χ4n) is 2.55. The number of hydrogen-bond acceptors (Lipinski definition) is 4. The van der Waals surface area contributed by atoms with Gasteiger partial charge in [0, 0.05) is 5.92 Å². The Morgan fingerprint density at radius 3 is 2.72 bits per heavy atom. The van der Waals surface area contributed by atoms with Crippen LogP contribution in [0.2, 0.25) is 0 Å². The van der Waals surface area contributed by atoms with Gasteiger partial charge in [-0.3, -0.25) is 0 Å². The van der Waals surface area contributed by atoms with E-state index in [9.17, 15) is 5.11 Å². The van der Waals surface area contributed by atoms with Gasteiger partial charge in [0.15, 0.2) is 0 Å². The predicted molar refractivity (Wildman–Crippen MR) is 73.1 cm³/mol. The van der Waals surface area contributed by atoms with Crippen molar-refractivity contribution in [2.75, 3.05) is 6.61 Å². The highest BCUT2D eigenvalue weighted by molar-refractivity contribution is 14.1. The topological polar surface area (TPSA) is 51.2 Å². The van der Waals surface area contributed by atoms with Gasteiger partial charge >= 0.3 is 0 Å². The average molecular weight is 362 g/mol. The van der Waals surface area contributed by atoms with Crippen LogP contribution in [0.25, 0.3) is 0 Å². The lowest BCUT2D eigenvalue weighted by Gasteiger charge is -2.22. The molecule has 1 saturated heterocycles. The quantitative estimate of drug-likeness (QED) is 0.640. The number of aliphatic hydroxyl groups is 1. The third-order valence-corrected chi connectivity index (χ3v) is 4.19. The smallest absolute Gasteiger partial charge is 0.114 e. The molecule has 2 fully saturated rings. The van der Waals surface area contributed by atoms with Gasteiger partial charge in [-0.2, -0.15) is 0 Å². The number of halogens is 1. The Balaban J connectivity index is 1.51. The molecule has 18 heavy (non-hydrogen) atoms. The van der Waals surface area contributed by atoms with Gasteiger partial charge in [0.2, 0.25) is 0 Å². The van der Waals surface area contributed by atoms with Gasteiger partial charge in [-0.05, 0) is 5.56 Å². The van der Waals surface area contributed by atoms with Crippen molar-refractivity contribution < 1.29 is 17.6 Å². The molecule has 1 saturated carbocycles. The lowest BCUT2D eigenvalue weighted by Crippen LogP contribution is -2.33. The Morgan fingerprint density at radius 2 is 2.00 bits per heavy atom. The molecule has 1 aliphatic heterocycles. The van der Waals surface area contributed by atoms with Crippen molar-refractivity contribution in [1.82, 2.24) is 0 Å². The molecule has 1 heterocycles. The zero-order chi connectivity index (χ0) is 12.5. The lowest BCUT2D eigenvalue weighted by atomic mass is 10.0. The molecule has 1 aromatic rings. The van der Waals surface area contributed by atoms with E-state index in [1.807, 2.05) is 53.3 Å². The first kappa shape index (κ1) is 12.8. The fraction of sp³-hybridized carbons (Fsp3) is 0.538. The van der Waals surface area contributed by atoms with Gasteiger partial charge in [0.05, 0.1) is 19.3 Å². The molecule has 4 nitrogen and oxygen atoms in total. The summed E-state index contributed by atoms with van der Waals surface area (Å²) in [6.45, 7) is 1.06. The highest BCUT2D eigenvalue weighted by atomic mass is 127. The number of fused-ring (bicyclic) bond motifs is 1. The van der Waals surface area contributed by atoms with Crippen molar-refractivity contribution in [2.24, 2.45) is 5.92 Å². The van der Waals surface area contributed by atoms with Crippen molar-refractivity contribution in [2.45, 2.75) is 31.0 Å². The number of ether oxygens (including phenoxy) is 2. The summed E-state index contributed by atoms with van der Waals surface area (Å²) in [5.74, 6) is 0.00867. The highest BCUT2D eigenvalue weighted by Crippen LogP contribution is 2.45. The van der Waals surface area contributed by atoms with Gasteiger partial charge in [-0.25, -0.2) is 0 Å². The van der Waals surface area contributed by atoms with E-state index in [1.54, 1.807) is 0 Å². The summed E-state index contributed by atoms with van der Waals surface area (Å²) >= 11 is 1.87. The molecule has 3 rings (SSSR count). The summed E-state index contributed by atoms with van der Waals surface area (Å²) < 4.78 is 16.4. The molecule has 2 aliphatic rings. The zero-order valence-corrected chi connectivity index (χ0v) is 11.9. The molecule has 1 aromatic carbocycles. The van der Waals surface area contributed by atoms with E-state index in [1.165, 1.54) is 0 Å². The second kappa shape index (κ2) is 5.42. The molecule has 0 amide bonds. The molecular formula is C13H15IO4. The van der Waals surface area contributed by atoms with E-state index >= 15 is 0 Å². The summed E-state index contributed by atoms with van der Waals surface area (Å²) in [5, 5.41) is 10.0. The minimum Gasteiger partial charge on any atom is -0.390 e. The fourth-order valence-corrected chi connectivity index (χ4v) is 3.22. The largest absolute Gasteiger partial charge is 0.390 e. The SMILES string of the molecule is OC1C(COCc2ccccc2)C(OI)C2OC12. The number of epoxide rings is 1. The maximum Gasteiger partial charge on any atom is 0.114 e. The molecular weight excluding hydrogens is 347 g/mol. The molecule has 5 heteroatoms. The van der Waals surface area contributed by atoms with Crippen LogP contribution < -0.4 is 0 Å². The van der Waals surface area contributed by atoms with E-state index < -0.39 is 6.10 Å². The van der Waals surface area contributed by atoms with E-state index in [4.69, 9.17) is 12.5 Å². The lowest BCUT2D eigenvalue weighted by molar-refractivity contribution is -0.0321. The van der Waals surface area contributed by atoms with Crippen molar-refractivity contribution in [1.29, 1.82) is 0 Å². The summed E-state index contributed by atoms with van der Waals surface area (Å²) in [7, 11) is 0. The standard InChI is InChI=1S/C13H15IO4/c14-18-11-9(10(15)12-13(11)17-12)7-16-6-8-4-2-1-3-5-8/h1-5,9-13,15H,6-7H2. The summed E-state index contributed by atoms with van der Waals surface area (Å²) in [6.07, 6.45) is -0.510. The number of rotatable bonds is 5. The van der Waals surface area contributed by atoms with Crippen molar-refractivity contribution in [3.8, 4) is 0 Å². The monoisotopic (exact) mass is 362 g/mol. The Bertz CT molecular complexity index is 399. The van der Waals surface area contributed by atoms with E-state index in [0.717, 1.165) is 5.56 Å². The summed E-state index contributed by atoms with van der Waals surface area (Å²) in [6, 6.07) is 10.0. The summed E-state index contributed by atoms with van der Waals surface area (Å²) in [4.78, 5) is 0. The Morgan fingerprint density at radius 1 is 1.22 bits per heavy atom. The molecule has 0 radical (unpaired) electrons. The first-order valence-electron chi connectivity index (χ1n) is 6.04.